The Bertz CT molecular complexity index is 2140. The molecular weight excluding hydrogens is 667 g/mol. The molecule has 54 heavy (non-hydrogen) atoms. The van der Waals surface area contributed by atoms with Crippen LogP contribution in [0.4, 0.5) is 23.1 Å². The fraction of sp³-hybridized carbons (Fsp3) is 0.244. The lowest BCUT2D eigenvalue weighted by atomic mass is 9.86. The van der Waals surface area contributed by atoms with Crippen LogP contribution in [0, 0.1) is 0 Å². The molecule has 3 aromatic heterocycles. The van der Waals surface area contributed by atoms with Crippen LogP contribution in [0.2, 0.25) is 0 Å². The van der Waals surface area contributed by atoms with Gasteiger partial charge in [0.25, 0.3) is 0 Å². The van der Waals surface area contributed by atoms with E-state index in [2.05, 4.69) is 135 Å². The Labute approximate surface area is 319 Å². The van der Waals surface area contributed by atoms with Crippen LogP contribution in [-0.4, -0.2) is 25.4 Å². The van der Waals surface area contributed by atoms with Crippen LogP contribution in [0.1, 0.15) is 91.2 Å². The van der Waals surface area contributed by atoms with E-state index in [1.807, 2.05) is 24.3 Å². The number of benzene rings is 4. The number of fused-ring (bicyclic) bond motifs is 1. The number of aryl methyl sites for hydroxylation is 2. The van der Waals surface area contributed by atoms with Crippen LogP contribution in [0.15, 0.2) is 133 Å². The molecule has 2 unspecified atom stereocenters. The summed E-state index contributed by atoms with van der Waals surface area (Å²) in [5.74, 6) is 1.60. The molecule has 0 saturated carbocycles. The molecule has 2 atom stereocenters. The average molecular weight is 720 g/mol. The molecule has 9 heteroatoms. The van der Waals surface area contributed by atoms with Gasteiger partial charge in [0.2, 0.25) is 5.65 Å². The normalized spacial score (nSPS) is 11.9. The number of rotatable bonds is 14. The van der Waals surface area contributed by atoms with Crippen LogP contribution in [0.5, 0.6) is 0 Å². The molecule has 0 spiro atoms. The van der Waals surface area contributed by atoms with Gasteiger partial charge in [0, 0.05) is 11.8 Å². The first kappa shape index (κ1) is 39.0. The lowest BCUT2D eigenvalue weighted by molar-refractivity contribution is 0.627. The highest BCUT2D eigenvalue weighted by atomic mass is 15.3. The molecule has 0 aliphatic rings. The summed E-state index contributed by atoms with van der Waals surface area (Å²) in [5, 5.41) is 11.1. The summed E-state index contributed by atoms with van der Waals surface area (Å²) in [5.41, 5.74) is 33.4. The highest BCUT2D eigenvalue weighted by Crippen LogP contribution is 2.37. The zero-order valence-corrected chi connectivity index (χ0v) is 30.1. The maximum Gasteiger partial charge on any atom is 0.203 e. The Hall–Kier alpha value is -6.22. The van der Waals surface area contributed by atoms with Crippen molar-refractivity contribution in [2.24, 2.45) is 0 Å². The number of unbranched alkanes of at least 4 members (excludes halogenated alkanes) is 2. The molecule has 0 bridgehead atoms. The van der Waals surface area contributed by atoms with Gasteiger partial charge in [-0.25, -0.2) is 9.97 Å². The van der Waals surface area contributed by atoms with Crippen molar-refractivity contribution in [3.05, 3.63) is 167 Å². The lowest BCUT2D eigenvalue weighted by Gasteiger charge is -2.21. The number of nitrogens with one attached hydrogen (secondary N) is 1. The molecule has 0 aliphatic carbocycles. The Morgan fingerprint density at radius 2 is 0.944 bits per heavy atom. The van der Waals surface area contributed by atoms with Crippen molar-refractivity contribution in [3.63, 3.8) is 0 Å². The molecule has 9 nitrogen and oxygen atoms in total. The molecule has 7 aromatic rings. The Kier molecular flexibility index (Phi) is 14.1. The molecule has 4 aromatic carbocycles. The number of pyridine rings is 2. The second-order valence-electron chi connectivity index (χ2n) is 13.5. The molecule has 278 valence electrons. The monoisotopic (exact) mass is 719 g/mol. The van der Waals surface area contributed by atoms with Gasteiger partial charge < -0.3 is 22.9 Å². The van der Waals surface area contributed by atoms with Gasteiger partial charge in [-0.1, -0.05) is 142 Å². The van der Waals surface area contributed by atoms with Gasteiger partial charge in [-0.15, -0.1) is 5.10 Å². The zero-order valence-electron chi connectivity index (χ0n) is 30.1. The van der Waals surface area contributed by atoms with Crippen molar-refractivity contribution in [2.45, 2.75) is 70.6 Å². The van der Waals surface area contributed by atoms with Crippen LogP contribution in [0.25, 0.3) is 11.2 Å². The van der Waals surface area contributed by atoms with Crippen molar-refractivity contribution in [1.29, 1.82) is 0 Å². The first-order chi connectivity index (χ1) is 26.0. The third kappa shape index (κ3) is 10.4. The molecule has 9 N–H and O–H groups in total. The van der Waals surface area contributed by atoms with Gasteiger partial charge >= 0.3 is 0 Å². The molecular formula is C45H53N9. The minimum absolute atomic E-state index is 0. The predicted octanol–water partition coefficient (Wildman–Crippen LogP) is 9.49. The van der Waals surface area contributed by atoms with Crippen LogP contribution in [-0.2, 0) is 12.8 Å². The highest BCUT2D eigenvalue weighted by molar-refractivity contribution is 5.77. The van der Waals surface area contributed by atoms with Crippen LogP contribution in [0.3, 0.4) is 0 Å². The number of H-pyrrole nitrogens is 1. The number of nitrogens with zero attached hydrogens (tertiary/aromatic N) is 4. The van der Waals surface area contributed by atoms with Crippen molar-refractivity contribution >= 4 is 34.3 Å². The Morgan fingerprint density at radius 3 is 1.46 bits per heavy atom. The summed E-state index contributed by atoms with van der Waals surface area (Å²) in [4.78, 5) is 8.36. The van der Waals surface area contributed by atoms with Gasteiger partial charge in [-0.3, -0.25) is 0 Å². The minimum atomic E-state index is 0. The van der Waals surface area contributed by atoms with E-state index in [0.717, 1.165) is 68.0 Å². The van der Waals surface area contributed by atoms with E-state index in [0.29, 0.717) is 28.8 Å². The number of hydrogen-bond donors (Lipinski definition) is 5. The van der Waals surface area contributed by atoms with E-state index >= 15 is 0 Å². The summed E-state index contributed by atoms with van der Waals surface area (Å²) in [6, 6.07) is 46.0. The van der Waals surface area contributed by atoms with Gasteiger partial charge in [-0.2, -0.15) is 10.3 Å². The Balaban J connectivity index is 0.000000204. The summed E-state index contributed by atoms with van der Waals surface area (Å²) >= 11 is 0. The highest BCUT2D eigenvalue weighted by Gasteiger charge is 2.21. The van der Waals surface area contributed by atoms with Gasteiger partial charge in [0.05, 0.1) is 5.69 Å². The van der Waals surface area contributed by atoms with Crippen molar-refractivity contribution < 1.29 is 0 Å². The lowest BCUT2D eigenvalue weighted by Crippen LogP contribution is -2.10. The molecule has 7 rings (SSSR count). The van der Waals surface area contributed by atoms with E-state index in [-0.39, 0.29) is 19.3 Å². The minimum Gasteiger partial charge on any atom is -0.396 e. The van der Waals surface area contributed by atoms with Crippen molar-refractivity contribution in [1.82, 2.24) is 25.4 Å². The number of nitrogen functional groups attached to an aromatic ring is 4. The number of aromatic nitrogens is 5. The molecule has 3 heterocycles. The van der Waals surface area contributed by atoms with Gasteiger partial charge in [0.1, 0.15) is 23.0 Å². The van der Waals surface area contributed by atoms with Crippen LogP contribution >= 0.6 is 0 Å². The number of nitrogens with two attached hydrogens (primary N) is 4. The van der Waals surface area contributed by atoms with Crippen molar-refractivity contribution in [3.8, 4) is 0 Å². The van der Waals surface area contributed by atoms with Crippen molar-refractivity contribution in [2.75, 3.05) is 22.9 Å². The fourth-order valence-corrected chi connectivity index (χ4v) is 7.07. The van der Waals surface area contributed by atoms with E-state index in [1.54, 1.807) is 0 Å². The maximum absolute atomic E-state index is 6.24. The molecule has 0 amide bonds. The topological polar surface area (TPSA) is 171 Å². The van der Waals surface area contributed by atoms with E-state index < -0.39 is 0 Å². The second-order valence-corrected chi connectivity index (χ2v) is 13.5. The number of aromatic amines is 1. The standard InChI is InChI=1S/C22H23N5.C22H26N4.CH4/c23-20-15-19(21-22(24-20)26-27-25-21)18(17-12-5-2-6-13-17)14-8-7-11-16-9-3-1-4-10-16;23-20-15-19(21(24)22(25)26-20)18(17-12-5-2-6-13-17)14-8-7-11-16-9-3-1-4-10-16;/h1-6,9-10,12-13,15,18H,7-8,11,14H2,(H3,23,24,25,26,27);1-6,9-10,12-13,15,18H,7-8,11,14,24H2,(H4,23,25,26);1H4. The van der Waals surface area contributed by atoms with Gasteiger partial charge in [0.15, 0.2) is 0 Å². The largest absolute Gasteiger partial charge is 0.396 e. The molecule has 0 fully saturated rings. The average Bonchev–Trinajstić information content (AvgIpc) is 3.67. The quantitative estimate of drug-likeness (QED) is 0.0692. The van der Waals surface area contributed by atoms with Crippen LogP contribution < -0.4 is 22.9 Å². The summed E-state index contributed by atoms with van der Waals surface area (Å²) < 4.78 is 0. The second kappa shape index (κ2) is 19.6. The maximum atomic E-state index is 6.24. The Morgan fingerprint density at radius 1 is 0.500 bits per heavy atom. The third-order valence-corrected chi connectivity index (χ3v) is 9.74. The van der Waals surface area contributed by atoms with E-state index in [9.17, 15) is 0 Å². The SMILES string of the molecule is C.Nc1cc(C(CCCCc2ccccc2)c2ccccc2)c(N)c(N)n1.Nc1cc(C(CCCCc2ccccc2)c2ccccc2)c2n[nH]nc2n1. The summed E-state index contributed by atoms with van der Waals surface area (Å²) in [6.07, 6.45) is 8.69. The fourth-order valence-electron chi connectivity index (χ4n) is 7.07. The summed E-state index contributed by atoms with van der Waals surface area (Å²) in [7, 11) is 0. The predicted molar refractivity (Wildman–Crippen MR) is 225 cm³/mol. The molecule has 0 radical (unpaired) electrons. The first-order valence-corrected chi connectivity index (χ1v) is 18.4. The van der Waals surface area contributed by atoms with E-state index in [1.165, 1.54) is 22.3 Å². The van der Waals surface area contributed by atoms with Gasteiger partial charge in [-0.05, 0) is 84.0 Å². The smallest absolute Gasteiger partial charge is 0.203 e. The molecule has 0 aliphatic heterocycles. The third-order valence-electron chi connectivity index (χ3n) is 9.74. The summed E-state index contributed by atoms with van der Waals surface area (Å²) in [6.45, 7) is 0. The number of hydrogen-bond acceptors (Lipinski definition) is 8. The molecule has 0 saturated heterocycles. The zero-order chi connectivity index (χ0) is 36.8. The first-order valence-electron chi connectivity index (χ1n) is 18.4. The number of anilines is 4. The van der Waals surface area contributed by atoms with E-state index in [4.69, 9.17) is 22.9 Å².